The van der Waals surface area contributed by atoms with Crippen molar-refractivity contribution in [2.45, 2.75) is 46.8 Å². The first-order chi connectivity index (χ1) is 22.8. The van der Waals surface area contributed by atoms with Crippen LogP contribution in [0.3, 0.4) is 0 Å². The van der Waals surface area contributed by atoms with Crippen molar-refractivity contribution in [3.8, 4) is 17.2 Å². The summed E-state index contributed by atoms with van der Waals surface area (Å²) in [6.45, 7) is 9.41. The number of aryl methyl sites for hydroxylation is 1. The second-order valence-electron chi connectivity index (χ2n) is 11.0. The summed E-state index contributed by atoms with van der Waals surface area (Å²) in [6, 6.07) is 20.4. The van der Waals surface area contributed by atoms with Crippen molar-refractivity contribution in [3.05, 3.63) is 120 Å². The predicted octanol–water partition coefficient (Wildman–Crippen LogP) is 5.50. The summed E-state index contributed by atoms with van der Waals surface area (Å²) >= 11 is 1.26. The van der Waals surface area contributed by atoms with E-state index in [9.17, 15) is 9.59 Å². The van der Waals surface area contributed by atoms with Gasteiger partial charge in [0, 0.05) is 12.7 Å². The molecule has 0 spiro atoms. The standard InChI is InChI=1S/C37H40N2O7S/c1-6-17-44-29-14-9-8-13-28(29)34-33(36(41)45-19-18-42-5)25(4)38-37-39(34)35(40)32(47-37)22-26-15-16-30(31(21-26)43-7-2)46-23-27-12-10-11-24(3)20-27/h8-16,20-22,34H,6-7,17-19,23H2,1-5H3/b32-22+/t34-/m0/s1. The molecule has 47 heavy (non-hydrogen) atoms. The fourth-order valence-electron chi connectivity index (χ4n) is 5.34. The van der Waals surface area contributed by atoms with Gasteiger partial charge in [0.15, 0.2) is 16.3 Å². The Morgan fingerprint density at radius 1 is 0.915 bits per heavy atom. The predicted molar refractivity (Wildman–Crippen MR) is 182 cm³/mol. The van der Waals surface area contributed by atoms with Crippen LogP contribution in [0.25, 0.3) is 6.08 Å². The van der Waals surface area contributed by atoms with E-state index in [0.29, 0.717) is 57.7 Å². The third kappa shape index (κ3) is 7.84. The Morgan fingerprint density at radius 2 is 1.74 bits per heavy atom. The number of aromatic nitrogens is 1. The summed E-state index contributed by atoms with van der Waals surface area (Å²) in [5, 5.41) is 0. The van der Waals surface area contributed by atoms with Crippen LogP contribution in [0.4, 0.5) is 0 Å². The zero-order valence-corrected chi connectivity index (χ0v) is 28.2. The first-order valence-electron chi connectivity index (χ1n) is 15.7. The number of allylic oxidation sites excluding steroid dienone is 1. The number of carbonyl (C=O) groups excluding carboxylic acids is 1. The van der Waals surface area contributed by atoms with Crippen LogP contribution >= 0.6 is 11.3 Å². The Hall–Kier alpha value is -4.67. The summed E-state index contributed by atoms with van der Waals surface area (Å²) in [5.41, 5.74) is 4.14. The second kappa shape index (κ2) is 15.8. The number of rotatable bonds is 14. The van der Waals surface area contributed by atoms with E-state index in [0.717, 1.165) is 23.1 Å². The number of fused-ring (bicyclic) bond motifs is 1. The zero-order chi connectivity index (χ0) is 33.3. The highest BCUT2D eigenvalue weighted by Gasteiger charge is 2.35. The summed E-state index contributed by atoms with van der Waals surface area (Å²) < 4.78 is 30.8. The van der Waals surface area contributed by atoms with Gasteiger partial charge in [0.05, 0.1) is 35.6 Å². The number of thiazole rings is 1. The Morgan fingerprint density at radius 3 is 2.51 bits per heavy atom. The molecule has 0 unspecified atom stereocenters. The lowest BCUT2D eigenvalue weighted by Gasteiger charge is -2.26. The van der Waals surface area contributed by atoms with E-state index >= 15 is 0 Å². The van der Waals surface area contributed by atoms with Gasteiger partial charge in [0.25, 0.3) is 5.56 Å². The highest BCUT2D eigenvalue weighted by atomic mass is 32.1. The van der Waals surface area contributed by atoms with Crippen LogP contribution in [0.15, 0.2) is 87.8 Å². The van der Waals surface area contributed by atoms with E-state index in [4.69, 9.17) is 28.7 Å². The third-order valence-corrected chi connectivity index (χ3v) is 8.46. The van der Waals surface area contributed by atoms with Crippen molar-refractivity contribution in [3.63, 3.8) is 0 Å². The molecule has 1 atom stereocenters. The molecular weight excluding hydrogens is 616 g/mol. The first-order valence-corrected chi connectivity index (χ1v) is 16.5. The molecule has 246 valence electrons. The average Bonchev–Trinajstić information content (AvgIpc) is 3.36. The van der Waals surface area contributed by atoms with E-state index in [2.05, 4.69) is 6.07 Å². The van der Waals surface area contributed by atoms with E-state index < -0.39 is 12.0 Å². The van der Waals surface area contributed by atoms with Crippen LogP contribution < -0.4 is 29.1 Å². The molecule has 9 nitrogen and oxygen atoms in total. The van der Waals surface area contributed by atoms with E-state index in [1.54, 1.807) is 11.5 Å². The highest BCUT2D eigenvalue weighted by molar-refractivity contribution is 7.07. The molecule has 0 N–H and O–H groups in total. The minimum Gasteiger partial charge on any atom is -0.493 e. The molecule has 2 heterocycles. The normalized spacial score (nSPS) is 14.4. The van der Waals surface area contributed by atoms with Gasteiger partial charge in [0.2, 0.25) is 0 Å². The molecule has 0 fully saturated rings. The largest absolute Gasteiger partial charge is 0.493 e. The van der Waals surface area contributed by atoms with Crippen LogP contribution in [0.5, 0.6) is 17.2 Å². The Labute approximate surface area is 278 Å². The maximum atomic E-state index is 14.2. The maximum Gasteiger partial charge on any atom is 0.338 e. The number of ether oxygens (including phenoxy) is 5. The van der Waals surface area contributed by atoms with Gasteiger partial charge < -0.3 is 23.7 Å². The number of nitrogens with zero attached hydrogens (tertiary/aromatic N) is 2. The van der Waals surface area contributed by atoms with Crippen molar-refractivity contribution >= 4 is 23.4 Å². The van der Waals surface area contributed by atoms with Gasteiger partial charge in [-0.1, -0.05) is 72.4 Å². The fraction of sp³-hybridized carbons (Fsp3) is 0.324. The van der Waals surface area contributed by atoms with Crippen LogP contribution in [0.1, 0.15) is 55.5 Å². The highest BCUT2D eigenvalue weighted by Crippen LogP contribution is 2.36. The van der Waals surface area contributed by atoms with E-state index in [1.807, 2.05) is 87.5 Å². The Bertz CT molecular complexity index is 1940. The number of esters is 1. The van der Waals surface area contributed by atoms with Crippen LogP contribution in [0, 0.1) is 6.92 Å². The molecule has 0 bridgehead atoms. The lowest BCUT2D eigenvalue weighted by molar-refractivity contribution is -0.140. The molecular formula is C37H40N2O7S. The van der Waals surface area contributed by atoms with Gasteiger partial charge in [0.1, 0.15) is 25.0 Å². The molecule has 5 rings (SSSR count). The van der Waals surface area contributed by atoms with Gasteiger partial charge in [-0.3, -0.25) is 9.36 Å². The number of methoxy groups -OCH3 is 1. The number of carbonyl (C=O) groups is 1. The first kappa shape index (κ1) is 33.7. The number of benzene rings is 3. The van der Waals surface area contributed by atoms with Crippen LogP contribution in [-0.4, -0.2) is 44.1 Å². The van der Waals surface area contributed by atoms with Crippen molar-refractivity contribution < 1.29 is 28.5 Å². The molecule has 10 heteroatoms. The molecule has 3 aromatic carbocycles. The van der Waals surface area contributed by atoms with Crippen molar-refractivity contribution in [2.75, 3.05) is 33.5 Å². The monoisotopic (exact) mass is 656 g/mol. The summed E-state index contributed by atoms with van der Waals surface area (Å²) in [6.07, 6.45) is 2.61. The Balaban J connectivity index is 1.56. The van der Waals surface area contributed by atoms with Crippen LogP contribution in [0.2, 0.25) is 0 Å². The summed E-state index contributed by atoms with van der Waals surface area (Å²) in [4.78, 5) is 32.9. The fourth-order valence-corrected chi connectivity index (χ4v) is 6.39. The summed E-state index contributed by atoms with van der Waals surface area (Å²) in [7, 11) is 1.54. The quantitative estimate of drug-likeness (QED) is 0.131. The van der Waals surface area contributed by atoms with Gasteiger partial charge in [-0.25, -0.2) is 9.79 Å². The molecule has 1 aliphatic heterocycles. The van der Waals surface area contributed by atoms with Crippen molar-refractivity contribution in [2.24, 2.45) is 4.99 Å². The lowest BCUT2D eigenvalue weighted by atomic mass is 9.95. The average molecular weight is 657 g/mol. The number of hydrogen-bond acceptors (Lipinski definition) is 9. The molecule has 1 aliphatic rings. The number of hydrogen-bond donors (Lipinski definition) is 0. The summed E-state index contributed by atoms with van der Waals surface area (Å²) in [5.74, 6) is 1.23. The molecule has 0 saturated heterocycles. The molecule has 0 saturated carbocycles. The molecule has 1 aromatic heterocycles. The van der Waals surface area contributed by atoms with E-state index in [1.165, 1.54) is 18.4 Å². The maximum absolute atomic E-state index is 14.2. The molecule has 4 aromatic rings. The van der Waals surface area contributed by atoms with Gasteiger partial charge >= 0.3 is 5.97 Å². The Kier molecular flexibility index (Phi) is 11.3. The second-order valence-corrected chi connectivity index (χ2v) is 12.0. The van der Waals surface area contributed by atoms with Crippen LogP contribution in [-0.2, 0) is 20.9 Å². The topological polar surface area (TPSA) is 97.6 Å². The van der Waals surface area contributed by atoms with Gasteiger partial charge in [-0.05, 0) is 62.6 Å². The third-order valence-electron chi connectivity index (χ3n) is 7.48. The minimum atomic E-state index is -0.798. The van der Waals surface area contributed by atoms with Crippen molar-refractivity contribution in [1.82, 2.24) is 4.57 Å². The molecule has 0 amide bonds. The molecule has 0 radical (unpaired) electrons. The van der Waals surface area contributed by atoms with Gasteiger partial charge in [-0.2, -0.15) is 0 Å². The SMILES string of the molecule is CCCOc1ccccc1[C@H]1C(C(=O)OCCOC)=C(C)N=c2s/c(=C/c3ccc(OCc4cccc(C)c4)c(OCC)c3)c(=O)n21. The minimum absolute atomic E-state index is 0.0735. The number of para-hydroxylation sites is 1. The smallest absolute Gasteiger partial charge is 0.338 e. The van der Waals surface area contributed by atoms with Gasteiger partial charge in [-0.15, -0.1) is 0 Å². The molecule has 0 aliphatic carbocycles. The van der Waals surface area contributed by atoms with Crippen molar-refractivity contribution in [1.29, 1.82) is 0 Å². The lowest BCUT2D eigenvalue weighted by Crippen LogP contribution is -2.40. The zero-order valence-electron chi connectivity index (χ0n) is 27.4. The van der Waals surface area contributed by atoms with E-state index in [-0.39, 0.29) is 24.3 Å².